The predicted molar refractivity (Wildman–Crippen MR) is 68.7 cm³/mol. The molecule has 8 heteroatoms. The molecule has 0 aromatic heterocycles. The van der Waals surface area contributed by atoms with Crippen LogP contribution in [0, 0.1) is 0 Å². The van der Waals surface area contributed by atoms with Crippen LogP contribution in [-0.4, -0.2) is 42.0 Å². The largest absolute Gasteiger partial charge is 0.495 e. The Balaban J connectivity index is 2.62. The highest BCUT2D eigenvalue weighted by atomic mass is 35.5. The Morgan fingerprint density at radius 1 is 1.47 bits per heavy atom. The van der Waals surface area contributed by atoms with E-state index < -0.39 is 24.6 Å². The Labute approximate surface area is 114 Å². The van der Waals surface area contributed by atoms with Gasteiger partial charge in [-0.05, 0) is 18.2 Å². The third-order valence-electron chi connectivity index (χ3n) is 2.15. The molecular formula is C11H13ClN2O5. The number of anilines is 1. The smallest absolute Gasteiger partial charge is 0.334 e. The second kappa shape index (κ2) is 6.81. The van der Waals surface area contributed by atoms with Crippen LogP contribution in [0.15, 0.2) is 18.2 Å². The van der Waals surface area contributed by atoms with Gasteiger partial charge in [0.15, 0.2) is 6.10 Å². The van der Waals surface area contributed by atoms with Crippen LogP contribution < -0.4 is 15.4 Å². The fourth-order valence-corrected chi connectivity index (χ4v) is 1.39. The van der Waals surface area contributed by atoms with Crippen LogP contribution in [-0.2, 0) is 4.79 Å². The number of carboxylic acid groups (broad SMARTS) is 1. The van der Waals surface area contributed by atoms with Crippen molar-refractivity contribution in [3.8, 4) is 5.75 Å². The van der Waals surface area contributed by atoms with E-state index in [1.165, 1.54) is 13.2 Å². The van der Waals surface area contributed by atoms with Crippen molar-refractivity contribution < 1.29 is 24.5 Å². The van der Waals surface area contributed by atoms with Crippen LogP contribution in [0.2, 0.25) is 5.02 Å². The van der Waals surface area contributed by atoms with Crippen molar-refractivity contribution in [1.82, 2.24) is 5.32 Å². The first-order valence-corrected chi connectivity index (χ1v) is 5.61. The first-order chi connectivity index (χ1) is 8.93. The minimum atomic E-state index is -1.66. The molecule has 1 atom stereocenters. The minimum absolute atomic E-state index is 0.331. The Bertz CT molecular complexity index is 480. The molecule has 0 heterocycles. The summed E-state index contributed by atoms with van der Waals surface area (Å²) in [7, 11) is 1.43. The molecule has 104 valence electrons. The zero-order chi connectivity index (χ0) is 14.4. The molecule has 4 N–H and O–H groups in total. The average Bonchev–Trinajstić information content (AvgIpc) is 2.36. The number of urea groups is 1. The molecule has 0 fully saturated rings. The molecule has 0 bridgehead atoms. The lowest BCUT2D eigenvalue weighted by Crippen LogP contribution is -2.38. The van der Waals surface area contributed by atoms with Gasteiger partial charge in [-0.25, -0.2) is 9.59 Å². The molecule has 0 radical (unpaired) electrons. The number of carbonyl (C=O) groups excluding carboxylic acids is 1. The van der Waals surface area contributed by atoms with E-state index in [1.807, 2.05) is 0 Å². The average molecular weight is 289 g/mol. The first-order valence-electron chi connectivity index (χ1n) is 5.23. The topological polar surface area (TPSA) is 108 Å². The van der Waals surface area contributed by atoms with Crippen LogP contribution in [0.5, 0.6) is 5.75 Å². The van der Waals surface area contributed by atoms with Gasteiger partial charge in [0.2, 0.25) is 0 Å². The van der Waals surface area contributed by atoms with Gasteiger partial charge in [-0.15, -0.1) is 0 Å². The molecule has 1 unspecified atom stereocenters. The number of halogens is 1. The Morgan fingerprint density at radius 3 is 2.74 bits per heavy atom. The van der Waals surface area contributed by atoms with Gasteiger partial charge in [-0.1, -0.05) is 11.6 Å². The van der Waals surface area contributed by atoms with Gasteiger partial charge in [-0.3, -0.25) is 0 Å². The Kier molecular flexibility index (Phi) is 5.40. The van der Waals surface area contributed by atoms with E-state index in [1.54, 1.807) is 12.1 Å². The number of methoxy groups -OCH3 is 1. The molecule has 0 aliphatic rings. The van der Waals surface area contributed by atoms with Crippen molar-refractivity contribution in [2.24, 2.45) is 0 Å². The van der Waals surface area contributed by atoms with Crippen molar-refractivity contribution in [1.29, 1.82) is 0 Å². The molecule has 7 nitrogen and oxygen atoms in total. The zero-order valence-electron chi connectivity index (χ0n) is 10.0. The Morgan fingerprint density at radius 2 is 2.16 bits per heavy atom. The molecule has 2 amide bonds. The van der Waals surface area contributed by atoms with Crippen molar-refractivity contribution in [2.45, 2.75) is 6.10 Å². The van der Waals surface area contributed by atoms with Crippen LogP contribution in [0.4, 0.5) is 10.5 Å². The monoisotopic (exact) mass is 288 g/mol. The highest BCUT2D eigenvalue weighted by Gasteiger charge is 2.14. The SMILES string of the molecule is COc1ccc(Cl)cc1NC(=O)NCC(O)C(=O)O. The number of aliphatic hydroxyl groups is 1. The van der Waals surface area contributed by atoms with E-state index in [2.05, 4.69) is 10.6 Å². The first kappa shape index (κ1) is 15.1. The number of aliphatic hydroxyl groups excluding tert-OH is 1. The predicted octanol–water partition coefficient (Wildman–Crippen LogP) is 0.916. The fraction of sp³-hybridized carbons (Fsp3) is 0.273. The molecule has 0 saturated carbocycles. The van der Waals surface area contributed by atoms with Gasteiger partial charge < -0.3 is 25.6 Å². The van der Waals surface area contributed by atoms with E-state index in [4.69, 9.17) is 26.6 Å². The van der Waals surface area contributed by atoms with E-state index >= 15 is 0 Å². The number of rotatable bonds is 5. The van der Waals surface area contributed by atoms with Crippen molar-refractivity contribution >= 4 is 29.3 Å². The number of hydrogen-bond acceptors (Lipinski definition) is 4. The summed E-state index contributed by atoms with van der Waals surface area (Å²) in [4.78, 5) is 21.9. The Hall–Kier alpha value is -1.99. The lowest BCUT2D eigenvalue weighted by Gasteiger charge is -2.12. The molecule has 0 aliphatic heterocycles. The van der Waals surface area contributed by atoms with E-state index in [0.717, 1.165) is 0 Å². The number of aliphatic carboxylic acids is 1. The number of carboxylic acids is 1. The van der Waals surface area contributed by atoms with Gasteiger partial charge >= 0.3 is 12.0 Å². The third-order valence-corrected chi connectivity index (χ3v) is 2.39. The summed E-state index contributed by atoms with van der Waals surface area (Å²) in [6.07, 6.45) is -1.66. The summed E-state index contributed by atoms with van der Waals surface area (Å²) in [5, 5.41) is 22.5. The van der Waals surface area contributed by atoms with Gasteiger partial charge in [-0.2, -0.15) is 0 Å². The van der Waals surface area contributed by atoms with Gasteiger partial charge in [0.25, 0.3) is 0 Å². The zero-order valence-corrected chi connectivity index (χ0v) is 10.8. The second-order valence-corrected chi connectivity index (χ2v) is 3.97. The number of amides is 2. The minimum Gasteiger partial charge on any atom is -0.495 e. The summed E-state index contributed by atoms with van der Waals surface area (Å²) in [5.74, 6) is -1.01. The summed E-state index contributed by atoms with van der Waals surface area (Å²) in [6, 6.07) is 3.97. The summed E-state index contributed by atoms with van der Waals surface area (Å²) in [5.41, 5.74) is 0.331. The maximum absolute atomic E-state index is 11.5. The molecule has 1 aromatic carbocycles. The second-order valence-electron chi connectivity index (χ2n) is 3.53. The van der Waals surface area contributed by atoms with Crippen LogP contribution in [0.1, 0.15) is 0 Å². The van der Waals surface area contributed by atoms with Gasteiger partial charge in [0.05, 0.1) is 19.3 Å². The van der Waals surface area contributed by atoms with Crippen molar-refractivity contribution in [3.05, 3.63) is 23.2 Å². The van der Waals surface area contributed by atoms with E-state index in [9.17, 15) is 9.59 Å². The summed E-state index contributed by atoms with van der Waals surface area (Å²) >= 11 is 5.78. The van der Waals surface area contributed by atoms with Crippen LogP contribution in [0.25, 0.3) is 0 Å². The highest BCUT2D eigenvalue weighted by Crippen LogP contribution is 2.27. The number of carbonyl (C=O) groups is 2. The van der Waals surface area contributed by atoms with Crippen LogP contribution >= 0.6 is 11.6 Å². The lowest BCUT2D eigenvalue weighted by molar-refractivity contribution is -0.146. The number of benzene rings is 1. The maximum Gasteiger partial charge on any atom is 0.334 e. The molecule has 19 heavy (non-hydrogen) atoms. The van der Waals surface area contributed by atoms with E-state index in [-0.39, 0.29) is 0 Å². The summed E-state index contributed by atoms with van der Waals surface area (Å²) < 4.78 is 5.02. The molecule has 0 spiro atoms. The number of ether oxygens (including phenoxy) is 1. The molecule has 1 rings (SSSR count). The molecular weight excluding hydrogens is 276 g/mol. The molecule has 1 aromatic rings. The van der Waals surface area contributed by atoms with Crippen molar-refractivity contribution in [3.63, 3.8) is 0 Å². The standard InChI is InChI=1S/C11H13ClN2O5/c1-19-9-3-2-6(12)4-7(9)14-11(18)13-5-8(15)10(16)17/h2-4,8,15H,5H2,1H3,(H,16,17)(H2,13,14,18). The van der Waals surface area contributed by atoms with Gasteiger partial charge in [0, 0.05) is 5.02 Å². The summed E-state index contributed by atoms with van der Waals surface area (Å²) in [6.45, 7) is -0.413. The van der Waals surface area contributed by atoms with Gasteiger partial charge in [0.1, 0.15) is 5.75 Å². The quantitative estimate of drug-likeness (QED) is 0.644. The van der Waals surface area contributed by atoms with Crippen molar-refractivity contribution in [2.75, 3.05) is 19.0 Å². The van der Waals surface area contributed by atoms with Crippen LogP contribution in [0.3, 0.4) is 0 Å². The maximum atomic E-state index is 11.5. The number of nitrogens with one attached hydrogen (secondary N) is 2. The molecule has 0 saturated heterocycles. The highest BCUT2D eigenvalue weighted by molar-refractivity contribution is 6.31. The number of hydrogen-bond donors (Lipinski definition) is 4. The molecule has 0 aliphatic carbocycles. The third kappa shape index (κ3) is 4.65. The fourth-order valence-electron chi connectivity index (χ4n) is 1.22. The lowest BCUT2D eigenvalue weighted by atomic mass is 10.3. The van der Waals surface area contributed by atoms with E-state index in [0.29, 0.717) is 16.5 Å². The normalized spacial score (nSPS) is 11.5.